The van der Waals surface area contributed by atoms with Crippen molar-refractivity contribution in [2.75, 3.05) is 40.2 Å². The van der Waals surface area contributed by atoms with Gasteiger partial charge in [0.25, 0.3) is 0 Å². The van der Waals surface area contributed by atoms with Crippen molar-refractivity contribution in [2.45, 2.75) is 38.9 Å². The number of carboxylic acid groups (broad SMARTS) is 1. The molecule has 1 N–H and O–H groups in total. The fraction of sp³-hybridized carbons (Fsp3) is 0.333. The Bertz CT molecular complexity index is 1690. The fourth-order valence-electron chi connectivity index (χ4n) is 6.85. The van der Waals surface area contributed by atoms with E-state index in [4.69, 9.17) is 18.9 Å². The number of ether oxygens (including phenoxy) is 4. The lowest BCUT2D eigenvalue weighted by atomic mass is 9.82. The third-order valence-corrected chi connectivity index (χ3v) is 9.42. The van der Waals surface area contributed by atoms with Crippen LogP contribution in [-0.4, -0.2) is 67.0 Å². The third-order valence-electron chi connectivity index (χ3n) is 9.42. The summed E-state index contributed by atoms with van der Waals surface area (Å²) in [4.78, 5) is 31.6. The summed E-state index contributed by atoms with van der Waals surface area (Å²) in [6.45, 7) is 6.32. The normalized spacial score (nSPS) is 18.5. The predicted octanol–water partition coefficient (Wildman–Crippen LogP) is 6.13. The molecule has 0 aromatic heterocycles. The highest BCUT2D eigenvalue weighted by Gasteiger charge is 2.49. The van der Waals surface area contributed by atoms with Crippen LogP contribution in [0.2, 0.25) is 0 Å². The van der Waals surface area contributed by atoms with E-state index in [1.54, 1.807) is 7.11 Å². The second-order valence-electron chi connectivity index (χ2n) is 12.4. The number of benzene rings is 4. The monoisotopic (exact) mass is 650 g/mol. The number of aryl methyl sites for hydroxylation is 2. The van der Waals surface area contributed by atoms with E-state index in [1.807, 2.05) is 76.5 Å². The number of carbonyl (C=O) groups excluding carboxylic acids is 1. The van der Waals surface area contributed by atoms with Crippen LogP contribution in [0.5, 0.6) is 17.2 Å². The molecule has 1 amide bonds. The van der Waals surface area contributed by atoms with Gasteiger partial charge in [0, 0.05) is 44.3 Å². The van der Waals surface area contributed by atoms with Crippen LogP contribution in [0.4, 0.5) is 0 Å². The van der Waals surface area contributed by atoms with Crippen molar-refractivity contribution >= 4 is 11.9 Å². The molecular weight excluding hydrogens is 608 g/mol. The summed E-state index contributed by atoms with van der Waals surface area (Å²) in [6.07, 6.45) is 0. The zero-order valence-electron chi connectivity index (χ0n) is 27.6. The van der Waals surface area contributed by atoms with Crippen LogP contribution in [0, 0.1) is 19.8 Å². The fourth-order valence-corrected chi connectivity index (χ4v) is 6.85. The van der Waals surface area contributed by atoms with Gasteiger partial charge in [0.1, 0.15) is 12.4 Å². The molecule has 0 aliphatic carbocycles. The topological polar surface area (TPSA) is 97.8 Å². The number of carboxylic acids is 1. The SMILES string of the molecule is COCCOc1ccc([C@H]2[C@H](C(=O)O)[C@@H](c3cccc4c3OCO4)CN2CC(=O)N(Cc2ccccc2C)Cc2ccccc2C)cc1. The third kappa shape index (κ3) is 7.17. The van der Waals surface area contributed by atoms with Crippen molar-refractivity contribution in [3.05, 3.63) is 124 Å². The van der Waals surface area contributed by atoms with Crippen molar-refractivity contribution in [3.8, 4) is 17.2 Å². The number of nitrogens with zero attached hydrogens (tertiary/aromatic N) is 2. The number of rotatable bonds is 13. The van der Waals surface area contributed by atoms with E-state index in [2.05, 4.69) is 38.1 Å². The summed E-state index contributed by atoms with van der Waals surface area (Å²) in [7, 11) is 1.62. The molecular formula is C39H42N2O7. The van der Waals surface area contributed by atoms with Crippen LogP contribution >= 0.6 is 0 Å². The number of hydrogen-bond donors (Lipinski definition) is 1. The summed E-state index contributed by atoms with van der Waals surface area (Å²) in [5.74, 6) is -0.479. The van der Waals surface area contributed by atoms with Gasteiger partial charge in [-0.2, -0.15) is 0 Å². The summed E-state index contributed by atoms with van der Waals surface area (Å²) in [5, 5.41) is 10.8. The molecule has 6 rings (SSSR count). The number of fused-ring (bicyclic) bond motifs is 1. The standard InChI is InChI=1S/C39H42N2O7/c1-26-9-4-6-11-29(26)21-40(22-30-12-7-5-10-27(30)2)35(42)24-41-23-33(32-13-8-14-34-38(32)48-25-47-34)36(39(43)44)37(41)28-15-17-31(18-16-28)46-20-19-45-3/h4-18,33,36-37H,19-25H2,1-3H3,(H,43,44)/t33-,36-,37+/m1/s1. The Morgan fingerprint density at radius 1 is 0.854 bits per heavy atom. The first kappa shape index (κ1) is 33.1. The Balaban J connectivity index is 1.35. The van der Waals surface area contributed by atoms with Gasteiger partial charge in [-0.05, 0) is 59.9 Å². The molecule has 2 aliphatic rings. The van der Waals surface area contributed by atoms with Gasteiger partial charge in [0.05, 0.1) is 19.1 Å². The minimum absolute atomic E-state index is 0.0428. The van der Waals surface area contributed by atoms with Crippen LogP contribution in [0.3, 0.4) is 0 Å². The van der Waals surface area contributed by atoms with Crippen LogP contribution in [-0.2, 0) is 27.4 Å². The summed E-state index contributed by atoms with van der Waals surface area (Å²) >= 11 is 0. The second kappa shape index (κ2) is 14.9. The lowest BCUT2D eigenvalue weighted by molar-refractivity contribution is -0.144. The molecule has 9 heteroatoms. The maximum absolute atomic E-state index is 14.5. The summed E-state index contributed by atoms with van der Waals surface area (Å²) in [5.41, 5.74) is 5.93. The molecule has 0 saturated carbocycles. The van der Waals surface area contributed by atoms with E-state index < -0.39 is 23.8 Å². The molecule has 2 aliphatic heterocycles. The van der Waals surface area contributed by atoms with Crippen molar-refractivity contribution in [3.63, 3.8) is 0 Å². The molecule has 0 spiro atoms. The number of likely N-dealkylation sites (tertiary alicyclic amines) is 1. The lowest BCUT2D eigenvalue weighted by Gasteiger charge is -2.30. The van der Waals surface area contributed by atoms with Gasteiger partial charge in [-0.15, -0.1) is 0 Å². The molecule has 4 aromatic carbocycles. The van der Waals surface area contributed by atoms with E-state index in [1.165, 1.54) is 0 Å². The molecule has 1 fully saturated rings. The van der Waals surface area contributed by atoms with Crippen LogP contribution in [0.25, 0.3) is 0 Å². The molecule has 3 atom stereocenters. The van der Waals surface area contributed by atoms with Gasteiger partial charge in [0.15, 0.2) is 11.5 Å². The van der Waals surface area contributed by atoms with Crippen molar-refractivity contribution < 1.29 is 33.6 Å². The first-order valence-electron chi connectivity index (χ1n) is 16.3. The number of aliphatic carboxylic acids is 1. The van der Waals surface area contributed by atoms with E-state index >= 15 is 0 Å². The van der Waals surface area contributed by atoms with E-state index in [0.29, 0.717) is 50.1 Å². The zero-order chi connectivity index (χ0) is 33.6. The number of carbonyl (C=O) groups is 2. The van der Waals surface area contributed by atoms with Gasteiger partial charge in [-0.25, -0.2) is 0 Å². The van der Waals surface area contributed by atoms with Crippen LogP contribution < -0.4 is 14.2 Å². The predicted molar refractivity (Wildman–Crippen MR) is 181 cm³/mol. The molecule has 9 nitrogen and oxygen atoms in total. The van der Waals surface area contributed by atoms with Gasteiger partial charge >= 0.3 is 5.97 Å². The highest BCUT2D eigenvalue weighted by atomic mass is 16.7. The summed E-state index contributed by atoms with van der Waals surface area (Å²) < 4.78 is 22.4. The molecule has 0 bridgehead atoms. The molecule has 2 heterocycles. The number of para-hydroxylation sites is 1. The number of amides is 1. The van der Waals surface area contributed by atoms with Crippen molar-refractivity contribution in [1.29, 1.82) is 0 Å². The van der Waals surface area contributed by atoms with Crippen molar-refractivity contribution in [2.24, 2.45) is 5.92 Å². The highest BCUT2D eigenvalue weighted by Crippen LogP contribution is 2.50. The van der Waals surface area contributed by atoms with Crippen LogP contribution in [0.1, 0.15) is 45.3 Å². The Morgan fingerprint density at radius 3 is 2.15 bits per heavy atom. The number of hydrogen-bond acceptors (Lipinski definition) is 7. The molecule has 0 unspecified atom stereocenters. The first-order valence-corrected chi connectivity index (χ1v) is 16.3. The summed E-state index contributed by atoms with van der Waals surface area (Å²) in [6, 6.07) is 28.7. The molecule has 0 radical (unpaired) electrons. The van der Waals surface area contributed by atoms with Gasteiger partial charge in [0.2, 0.25) is 12.7 Å². The average molecular weight is 651 g/mol. The van der Waals surface area contributed by atoms with Gasteiger partial charge in [-0.3, -0.25) is 14.5 Å². The Hall–Kier alpha value is -4.86. The van der Waals surface area contributed by atoms with E-state index in [-0.39, 0.29) is 19.2 Å². The maximum Gasteiger partial charge on any atom is 0.309 e. The highest BCUT2D eigenvalue weighted by molar-refractivity contribution is 5.79. The van der Waals surface area contributed by atoms with Gasteiger partial charge < -0.3 is 29.0 Å². The van der Waals surface area contributed by atoms with Crippen molar-refractivity contribution in [1.82, 2.24) is 9.80 Å². The Kier molecular flexibility index (Phi) is 10.3. The Morgan fingerprint density at radius 2 is 1.52 bits per heavy atom. The Labute approximate surface area is 281 Å². The largest absolute Gasteiger partial charge is 0.491 e. The maximum atomic E-state index is 14.5. The molecule has 4 aromatic rings. The smallest absolute Gasteiger partial charge is 0.309 e. The second-order valence-corrected chi connectivity index (χ2v) is 12.4. The zero-order valence-corrected chi connectivity index (χ0v) is 27.6. The van der Waals surface area contributed by atoms with E-state index in [0.717, 1.165) is 33.4 Å². The van der Waals surface area contributed by atoms with Gasteiger partial charge in [-0.1, -0.05) is 72.8 Å². The average Bonchev–Trinajstić information content (AvgIpc) is 3.72. The lowest BCUT2D eigenvalue weighted by Crippen LogP contribution is -2.40. The van der Waals surface area contributed by atoms with Crippen LogP contribution in [0.15, 0.2) is 91.0 Å². The quantitative estimate of drug-likeness (QED) is 0.173. The molecule has 250 valence electrons. The molecule has 1 saturated heterocycles. The minimum atomic E-state index is -0.937. The number of methoxy groups -OCH3 is 1. The first-order chi connectivity index (χ1) is 23.3. The molecule has 48 heavy (non-hydrogen) atoms. The minimum Gasteiger partial charge on any atom is -0.491 e. The van der Waals surface area contributed by atoms with E-state index in [9.17, 15) is 14.7 Å².